The topological polar surface area (TPSA) is 55.4 Å². The SMILES string of the molecule is C[C@H]1[C@@H](NC(=O)COC(=O)c2cccc(C(F)(F)F)c2)CCC[C@@H]1C. The van der Waals surface area contributed by atoms with E-state index in [-0.39, 0.29) is 11.6 Å². The first-order valence-corrected chi connectivity index (χ1v) is 8.32. The van der Waals surface area contributed by atoms with Gasteiger partial charge >= 0.3 is 12.1 Å². The zero-order valence-corrected chi connectivity index (χ0v) is 14.2. The van der Waals surface area contributed by atoms with E-state index in [0.29, 0.717) is 17.9 Å². The first-order chi connectivity index (χ1) is 11.7. The number of esters is 1. The Bertz CT molecular complexity index is 630. The molecule has 4 nitrogen and oxygen atoms in total. The van der Waals surface area contributed by atoms with Crippen LogP contribution in [-0.4, -0.2) is 24.5 Å². The van der Waals surface area contributed by atoms with Crippen LogP contribution in [0.1, 0.15) is 49.0 Å². The van der Waals surface area contributed by atoms with Crippen molar-refractivity contribution in [2.45, 2.75) is 45.3 Å². The Morgan fingerprint density at radius 3 is 2.64 bits per heavy atom. The molecule has 1 aliphatic rings. The predicted molar refractivity (Wildman–Crippen MR) is 85.8 cm³/mol. The summed E-state index contributed by atoms with van der Waals surface area (Å²) in [5, 5.41) is 2.85. The number of carbonyl (C=O) groups excluding carboxylic acids is 2. The number of halogens is 3. The molecule has 3 atom stereocenters. The molecule has 0 aliphatic heterocycles. The van der Waals surface area contributed by atoms with Crippen LogP contribution in [0.2, 0.25) is 0 Å². The highest BCUT2D eigenvalue weighted by Gasteiger charge is 2.31. The van der Waals surface area contributed by atoms with Gasteiger partial charge in [0.2, 0.25) is 0 Å². The van der Waals surface area contributed by atoms with Crippen LogP contribution >= 0.6 is 0 Å². The summed E-state index contributed by atoms with van der Waals surface area (Å²) in [6.07, 6.45) is -1.52. The van der Waals surface area contributed by atoms with E-state index in [2.05, 4.69) is 19.2 Å². The van der Waals surface area contributed by atoms with E-state index in [9.17, 15) is 22.8 Å². The van der Waals surface area contributed by atoms with E-state index in [1.807, 2.05) is 0 Å². The number of carbonyl (C=O) groups is 2. The Kier molecular flexibility index (Phi) is 6.08. The van der Waals surface area contributed by atoms with Crippen LogP contribution in [0.4, 0.5) is 13.2 Å². The average Bonchev–Trinajstić information content (AvgIpc) is 2.56. The molecule has 2 rings (SSSR count). The molecule has 0 aromatic heterocycles. The molecule has 0 unspecified atom stereocenters. The van der Waals surface area contributed by atoms with Crippen molar-refractivity contribution >= 4 is 11.9 Å². The molecule has 0 spiro atoms. The fraction of sp³-hybridized carbons (Fsp3) is 0.556. The summed E-state index contributed by atoms with van der Waals surface area (Å²) in [4.78, 5) is 23.8. The minimum atomic E-state index is -4.54. The highest BCUT2D eigenvalue weighted by atomic mass is 19.4. The fourth-order valence-electron chi connectivity index (χ4n) is 3.07. The summed E-state index contributed by atoms with van der Waals surface area (Å²) in [6.45, 7) is 3.70. The Labute approximate surface area is 144 Å². The normalized spacial score (nSPS) is 23.8. The molecule has 1 aromatic carbocycles. The second kappa shape index (κ2) is 7.89. The van der Waals surface area contributed by atoms with Crippen molar-refractivity contribution in [3.63, 3.8) is 0 Å². The molecule has 25 heavy (non-hydrogen) atoms. The lowest BCUT2D eigenvalue weighted by Crippen LogP contribution is -2.45. The molecule has 0 saturated heterocycles. The molecular formula is C18H22F3NO3. The summed E-state index contributed by atoms with van der Waals surface area (Å²) in [5.74, 6) is -0.554. The van der Waals surface area contributed by atoms with E-state index in [1.165, 1.54) is 6.07 Å². The molecule has 138 valence electrons. The van der Waals surface area contributed by atoms with E-state index >= 15 is 0 Å². The smallest absolute Gasteiger partial charge is 0.416 e. The highest BCUT2D eigenvalue weighted by Crippen LogP contribution is 2.30. The van der Waals surface area contributed by atoms with E-state index < -0.39 is 30.2 Å². The molecule has 1 saturated carbocycles. The van der Waals surface area contributed by atoms with Gasteiger partial charge in [0.05, 0.1) is 11.1 Å². The van der Waals surface area contributed by atoms with E-state index in [0.717, 1.165) is 31.4 Å². The summed E-state index contributed by atoms with van der Waals surface area (Å²) in [5.41, 5.74) is -1.17. The zero-order valence-electron chi connectivity index (χ0n) is 14.2. The maximum Gasteiger partial charge on any atom is 0.416 e. The fourth-order valence-corrected chi connectivity index (χ4v) is 3.07. The van der Waals surface area contributed by atoms with Crippen LogP contribution in [0.25, 0.3) is 0 Å². The number of ether oxygens (including phenoxy) is 1. The summed E-state index contributed by atoms with van der Waals surface area (Å²) in [6, 6.07) is 3.97. The van der Waals surface area contributed by atoms with Crippen LogP contribution in [-0.2, 0) is 15.7 Å². The molecule has 1 aliphatic carbocycles. The van der Waals surface area contributed by atoms with Gasteiger partial charge in [0.1, 0.15) is 0 Å². The quantitative estimate of drug-likeness (QED) is 0.834. The molecule has 1 N–H and O–H groups in total. The molecule has 0 heterocycles. The third-order valence-corrected chi connectivity index (χ3v) is 4.81. The van der Waals surface area contributed by atoms with Gasteiger partial charge in [-0.25, -0.2) is 4.79 Å². The van der Waals surface area contributed by atoms with Crippen LogP contribution in [0, 0.1) is 11.8 Å². The Morgan fingerprint density at radius 1 is 1.24 bits per heavy atom. The third kappa shape index (κ3) is 5.21. The Hall–Kier alpha value is -2.05. The van der Waals surface area contributed by atoms with Gasteiger partial charge in [-0.2, -0.15) is 13.2 Å². The molecule has 1 aromatic rings. The zero-order chi connectivity index (χ0) is 18.6. The maximum absolute atomic E-state index is 12.7. The molecule has 0 radical (unpaired) electrons. The van der Waals surface area contributed by atoms with Crippen molar-refractivity contribution in [1.29, 1.82) is 0 Å². The van der Waals surface area contributed by atoms with Crippen molar-refractivity contribution in [3.05, 3.63) is 35.4 Å². The first kappa shape index (κ1) is 19.3. The Morgan fingerprint density at radius 2 is 1.96 bits per heavy atom. The maximum atomic E-state index is 12.7. The number of hydrogen-bond acceptors (Lipinski definition) is 3. The number of rotatable bonds is 4. The van der Waals surface area contributed by atoms with Crippen LogP contribution in [0.3, 0.4) is 0 Å². The monoisotopic (exact) mass is 357 g/mol. The second-order valence-electron chi connectivity index (χ2n) is 6.60. The molecule has 0 bridgehead atoms. The van der Waals surface area contributed by atoms with Crippen molar-refractivity contribution in [2.24, 2.45) is 11.8 Å². The van der Waals surface area contributed by atoms with Crippen LogP contribution < -0.4 is 5.32 Å². The standard InChI is InChI=1S/C18H22F3NO3/c1-11-5-3-8-15(12(11)2)22-16(23)10-25-17(24)13-6-4-7-14(9-13)18(19,20)21/h4,6-7,9,11-12,15H,3,5,8,10H2,1-2H3,(H,22,23)/t11-,12+,15-/m0/s1. The summed E-state index contributed by atoms with van der Waals surface area (Å²) < 4.78 is 42.8. The van der Waals surface area contributed by atoms with Gasteiger partial charge in [-0.3, -0.25) is 4.79 Å². The first-order valence-electron chi connectivity index (χ1n) is 8.32. The molecule has 7 heteroatoms. The van der Waals surface area contributed by atoms with Crippen LogP contribution in [0.5, 0.6) is 0 Å². The third-order valence-electron chi connectivity index (χ3n) is 4.81. The van der Waals surface area contributed by atoms with Crippen LogP contribution in [0.15, 0.2) is 24.3 Å². The van der Waals surface area contributed by atoms with E-state index in [4.69, 9.17) is 4.74 Å². The second-order valence-corrected chi connectivity index (χ2v) is 6.60. The summed E-state index contributed by atoms with van der Waals surface area (Å²) in [7, 11) is 0. The van der Waals surface area contributed by atoms with Crippen molar-refractivity contribution in [1.82, 2.24) is 5.32 Å². The number of hydrogen-bond donors (Lipinski definition) is 1. The predicted octanol–water partition coefficient (Wildman–Crippen LogP) is 3.80. The van der Waals surface area contributed by atoms with Gasteiger partial charge in [0.15, 0.2) is 6.61 Å². The summed E-state index contributed by atoms with van der Waals surface area (Å²) >= 11 is 0. The van der Waals surface area contributed by atoms with Gasteiger partial charge in [-0.1, -0.05) is 32.8 Å². The molecular weight excluding hydrogens is 335 g/mol. The number of benzene rings is 1. The Balaban J connectivity index is 1.88. The largest absolute Gasteiger partial charge is 0.452 e. The highest BCUT2D eigenvalue weighted by molar-refractivity contribution is 5.91. The lowest BCUT2D eigenvalue weighted by Gasteiger charge is -2.34. The van der Waals surface area contributed by atoms with Gasteiger partial charge < -0.3 is 10.1 Å². The number of nitrogens with one attached hydrogen (secondary N) is 1. The molecule has 1 fully saturated rings. The number of amides is 1. The molecule has 1 amide bonds. The van der Waals surface area contributed by atoms with Crippen molar-refractivity contribution in [2.75, 3.05) is 6.61 Å². The van der Waals surface area contributed by atoms with Crippen molar-refractivity contribution in [3.8, 4) is 0 Å². The minimum Gasteiger partial charge on any atom is -0.452 e. The van der Waals surface area contributed by atoms with E-state index in [1.54, 1.807) is 0 Å². The van der Waals surface area contributed by atoms with Crippen molar-refractivity contribution < 1.29 is 27.5 Å². The van der Waals surface area contributed by atoms with Gasteiger partial charge in [0.25, 0.3) is 5.91 Å². The lowest BCUT2D eigenvalue weighted by atomic mass is 9.78. The minimum absolute atomic E-state index is 0.0310. The lowest BCUT2D eigenvalue weighted by molar-refractivity contribution is -0.137. The van der Waals surface area contributed by atoms with Gasteiger partial charge in [-0.05, 0) is 36.5 Å². The average molecular weight is 357 g/mol. The number of alkyl halides is 3. The van der Waals surface area contributed by atoms with Gasteiger partial charge in [0, 0.05) is 6.04 Å². The van der Waals surface area contributed by atoms with Gasteiger partial charge in [-0.15, -0.1) is 0 Å².